The number of piperidine rings is 1. The van der Waals surface area contributed by atoms with Crippen LogP contribution in [0.5, 0.6) is 0 Å². The summed E-state index contributed by atoms with van der Waals surface area (Å²) in [6, 6.07) is 0.0276. The van der Waals surface area contributed by atoms with Crippen LogP contribution in [0.15, 0.2) is 5.38 Å². The molecule has 0 radical (unpaired) electrons. The van der Waals surface area contributed by atoms with E-state index in [1.54, 1.807) is 11.3 Å². The van der Waals surface area contributed by atoms with Crippen molar-refractivity contribution in [3.8, 4) is 0 Å². The van der Waals surface area contributed by atoms with Crippen molar-refractivity contribution in [3.05, 3.63) is 16.1 Å². The topological polar surface area (TPSA) is 57.7 Å². The zero-order chi connectivity index (χ0) is 16.2. The molecule has 2 aliphatic rings. The molecule has 2 aliphatic heterocycles. The lowest BCUT2D eigenvalue weighted by Crippen LogP contribution is -2.49. The highest BCUT2D eigenvalue weighted by molar-refractivity contribution is 7.09. The van der Waals surface area contributed by atoms with Crippen LogP contribution in [0.3, 0.4) is 0 Å². The number of morpholine rings is 1. The fourth-order valence-electron chi connectivity index (χ4n) is 3.29. The first-order valence-electron chi connectivity index (χ1n) is 8.37. The van der Waals surface area contributed by atoms with Gasteiger partial charge in [0.15, 0.2) is 0 Å². The van der Waals surface area contributed by atoms with Gasteiger partial charge in [-0.2, -0.15) is 0 Å². The lowest BCUT2D eigenvalue weighted by atomic mass is 9.99. The number of likely N-dealkylation sites (tertiary alicyclic amines) is 1. The second-order valence-electron chi connectivity index (χ2n) is 6.59. The summed E-state index contributed by atoms with van der Waals surface area (Å²) in [5.41, 5.74) is 1.01. The van der Waals surface area contributed by atoms with E-state index in [1.165, 1.54) is 19.4 Å². The number of carbonyl (C=O) groups is 1. The smallest absolute Gasteiger partial charge is 0.317 e. The first-order chi connectivity index (χ1) is 11.1. The first-order valence-corrected chi connectivity index (χ1v) is 9.24. The number of urea groups is 1. The number of carbonyl (C=O) groups excluding carboxylic acids is 1. The lowest BCUT2D eigenvalue weighted by Gasteiger charge is -2.33. The minimum absolute atomic E-state index is 0.0276. The van der Waals surface area contributed by atoms with E-state index in [0.717, 1.165) is 23.8 Å². The molecule has 2 atom stereocenters. The highest BCUT2D eigenvalue weighted by Gasteiger charge is 2.27. The predicted molar refractivity (Wildman–Crippen MR) is 90.7 cm³/mol. The molecule has 0 bridgehead atoms. The third-order valence-corrected chi connectivity index (χ3v) is 5.58. The predicted octanol–water partition coefficient (Wildman–Crippen LogP) is 1.88. The van der Waals surface area contributed by atoms with Crippen LogP contribution in [0, 0.1) is 12.8 Å². The molecular formula is C16H26N4O2S. The minimum atomic E-state index is -0.0889. The maximum absolute atomic E-state index is 12.4. The van der Waals surface area contributed by atoms with Crippen molar-refractivity contribution >= 4 is 17.4 Å². The molecule has 1 aromatic heterocycles. The van der Waals surface area contributed by atoms with E-state index in [9.17, 15) is 4.79 Å². The number of aryl methyl sites for hydroxylation is 1. The molecule has 23 heavy (non-hydrogen) atoms. The lowest BCUT2D eigenvalue weighted by molar-refractivity contribution is -0.0157. The van der Waals surface area contributed by atoms with Gasteiger partial charge in [-0.25, -0.2) is 9.78 Å². The van der Waals surface area contributed by atoms with Gasteiger partial charge in [0.25, 0.3) is 0 Å². The van der Waals surface area contributed by atoms with Gasteiger partial charge in [0, 0.05) is 30.7 Å². The Hall–Kier alpha value is -1.18. The quantitative estimate of drug-likeness (QED) is 0.914. The summed E-state index contributed by atoms with van der Waals surface area (Å²) < 4.78 is 5.79. The molecule has 6 nitrogen and oxygen atoms in total. The maximum atomic E-state index is 12.4. The zero-order valence-corrected chi connectivity index (χ0v) is 14.8. The second kappa shape index (κ2) is 7.59. The van der Waals surface area contributed by atoms with E-state index in [1.807, 2.05) is 17.2 Å². The summed E-state index contributed by atoms with van der Waals surface area (Å²) in [6.07, 6.45) is 2.34. The fraction of sp³-hybridized carbons (Fsp3) is 0.750. The number of amides is 2. The van der Waals surface area contributed by atoms with Crippen molar-refractivity contribution < 1.29 is 9.53 Å². The second-order valence-corrected chi connectivity index (χ2v) is 7.48. The summed E-state index contributed by atoms with van der Waals surface area (Å²) in [4.78, 5) is 21.1. The molecule has 0 aromatic carbocycles. The van der Waals surface area contributed by atoms with Crippen molar-refractivity contribution in [2.24, 2.45) is 5.92 Å². The van der Waals surface area contributed by atoms with Crippen LogP contribution in [0.2, 0.25) is 0 Å². The van der Waals surface area contributed by atoms with E-state index in [4.69, 9.17) is 4.74 Å². The van der Waals surface area contributed by atoms with Crippen molar-refractivity contribution in [2.75, 3.05) is 46.4 Å². The number of ether oxygens (including phenoxy) is 1. The molecule has 3 heterocycles. The van der Waals surface area contributed by atoms with Crippen LogP contribution in [0.1, 0.15) is 29.6 Å². The molecule has 128 valence electrons. The van der Waals surface area contributed by atoms with Gasteiger partial charge >= 0.3 is 6.03 Å². The highest BCUT2D eigenvalue weighted by atomic mass is 32.1. The van der Waals surface area contributed by atoms with Crippen LogP contribution in [0.25, 0.3) is 0 Å². The van der Waals surface area contributed by atoms with Gasteiger partial charge < -0.3 is 19.9 Å². The summed E-state index contributed by atoms with van der Waals surface area (Å²) in [6.45, 7) is 6.80. The Morgan fingerprint density at radius 2 is 2.35 bits per heavy atom. The molecule has 7 heteroatoms. The molecule has 0 saturated carbocycles. The molecule has 2 saturated heterocycles. The minimum Gasteiger partial charge on any atom is -0.367 e. The van der Waals surface area contributed by atoms with E-state index in [0.29, 0.717) is 25.6 Å². The van der Waals surface area contributed by atoms with E-state index < -0.39 is 0 Å². The average molecular weight is 338 g/mol. The van der Waals surface area contributed by atoms with Crippen molar-refractivity contribution in [2.45, 2.75) is 25.9 Å². The van der Waals surface area contributed by atoms with Gasteiger partial charge in [-0.05, 0) is 39.3 Å². The number of nitrogens with zero attached hydrogens (tertiary/aromatic N) is 3. The summed E-state index contributed by atoms with van der Waals surface area (Å²) in [5.74, 6) is 0.566. The summed E-state index contributed by atoms with van der Waals surface area (Å²) in [7, 11) is 2.15. The van der Waals surface area contributed by atoms with Gasteiger partial charge in [-0.3, -0.25) is 0 Å². The largest absolute Gasteiger partial charge is 0.367 e. The Morgan fingerprint density at radius 3 is 3.09 bits per heavy atom. The van der Waals surface area contributed by atoms with E-state index >= 15 is 0 Å². The Bertz CT molecular complexity index is 536. The van der Waals surface area contributed by atoms with Gasteiger partial charge in [0.1, 0.15) is 11.1 Å². The fourth-order valence-corrected chi connectivity index (χ4v) is 4.12. The summed E-state index contributed by atoms with van der Waals surface area (Å²) in [5, 5.41) is 6.10. The van der Waals surface area contributed by atoms with Crippen molar-refractivity contribution in [3.63, 3.8) is 0 Å². The number of hydrogen-bond donors (Lipinski definition) is 1. The van der Waals surface area contributed by atoms with Gasteiger partial charge in [-0.15, -0.1) is 11.3 Å². The third-order valence-electron chi connectivity index (χ3n) is 4.53. The Balaban J connectivity index is 1.49. The molecule has 0 unspecified atom stereocenters. The van der Waals surface area contributed by atoms with E-state index in [2.05, 4.69) is 22.2 Å². The van der Waals surface area contributed by atoms with Gasteiger partial charge in [-0.1, -0.05) is 0 Å². The van der Waals surface area contributed by atoms with Crippen LogP contribution in [-0.2, 0) is 4.74 Å². The third kappa shape index (κ3) is 4.43. The molecule has 2 fully saturated rings. The summed E-state index contributed by atoms with van der Waals surface area (Å²) >= 11 is 1.61. The van der Waals surface area contributed by atoms with E-state index in [-0.39, 0.29) is 12.1 Å². The number of aromatic nitrogens is 1. The average Bonchev–Trinajstić information content (AvgIpc) is 2.99. The van der Waals surface area contributed by atoms with Crippen LogP contribution in [-0.4, -0.2) is 67.2 Å². The SMILES string of the molecule is Cc1csc([C@H]2CN(C(=O)NC[C@H]3CCCN(C)C3)CCO2)n1. The Morgan fingerprint density at radius 1 is 1.48 bits per heavy atom. The maximum Gasteiger partial charge on any atom is 0.317 e. The standard InChI is InChI=1S/C16H26N4O2S/c1-12-11-23-15(18-12)14-10-20(6-7-22-14)16(21)17-8-13-4-3-5-19(2)9-13/h11,13-14H,3-10H2,1-2H3,(H,17,21)/t13-,14-/m1/s1. The normalized spacial score (nSPS) is 26.3. The molecule has 1 aromatic rings. The molecular weight excluding hydrogens is 312 g/mol. The van der Waals surface area contributed by atoms with Crippen LogP contribution in [0.4, 0.5) is 4.79 Å². The van der Waals surface area contributed by atoms with Crippen molar-refractivity contribution in [1.82, 2.24) is 20.1 Å². The Kier molecular flexibility index (Phi) is 5.50. The number of nitrogens with one attached hydrogen (secondary N) is 1. The van der Waals surface area contributed by atoms with Gasteiger partial charge in [0.2, 0.25) is 0 Å². The Labute approximate surface area is 141 Å². The number of hydrogen-bond acceptors (Lipinski definition) is 5. The first kappa shape index (κ1) is 16.7. The van der Waals surface area contributed by atoms with Crippen molar-refractivity contribution in [1.29, 1.82) is 0 Å². The number of thiazole rings is 1. The van der Waals surface area contributed by atoms with Gasteiger partial charge in [0.05, 0.1) is 13.2 Å². The highest BCUT2D eigenvalue weighted by Crippen LogP contribution is 2.25. The van der Waals surface area contributed by atoms with Crippen LogP contribution < -0.4 is 5.32 Å². The molecule has 1 N–H and O–H groups in total. The molecule has 2 amide bonds. The monoisotopic (exact) mass is 338 g/mol. The molecule has 0 spiro atoms. The van der Waals surface area contributed by atoms with Crippen LogP contribution >= 0.6 is 11.3 Å². The molecule has 3 rings (SSSR count). The zero-order valence-electron chi connectivity index (χ0n) is 14.0. The molecule has 0 aliphatic carbocycles. The number of rotatable bonds is 3.